The maximum atomic E-state index is 12.3. The van der Waals surface area contributed by atoms with Crippen LogP contribution >= 0.6 is 0 Å². The first-order valence-electron chi connectivity index (χ1n) is 4.39. The van der Waals surface area contributed by atoms with E-state index in [2.05, 4.69) is 0 Å². The topological polar surface area (TPSA) is 26.0 Å². The van der Waals surface area contributed by atoms with Gasteiger partial charge in [-0.15, -0.1) is 0 Å². The van der Waals surface area contributed by atoms with E-state index in [9.17, 15) is 8.78 Å². The van der Waals surface area contributed by atoms with Gasteiger partial charge in [-0.3, -0.25) is 0 Å². The van der Waals surface area contributed by atoms with Gasteiger partial charge in [0.05, 0.1) is 0 Å². The Morgan fingerprint density at radius 1 is 1.50 bits per heavy atom. The van der Waals surface area contributed by atoms with Crippen molar-refractivity contribution in [2.75, 3.05) is 6.54 Å². The second-order valence-electron chi connectivity index (χ2n) is 3.17. The molecule has 0 spiro atoms. The lowest BCUT2D eigenvalue weighted by molar-refractivity contribution is 0.151. The standard InChI is InChI=1S/C11H13F2N/c1-8(7-14)5-9-3-2-4-10(6-9)11(12)13/h2-6,11H,7,14H2,1H3/b8-5-. The summed E-state index contributed by atoms with van der Waals surface area (Å²) in [6.07, 6.45) is -0.604. The summed E-state index contributed by atoms with van der Waals surface area (Å²) in [5.74, 6) is 0. The van der Waals surface area contributed by atoms with Gasteiger partial charge in [0.1, 0.15) is 0 Å². The summed E-state index contributed by atoms with van der Waals surface area (Å²) in [6, 6.07) is 6.30. The molecule has 0 aliphatic heterocycles. The van der Waals surface area contributed by atoms with E-state index in [4.69, 9.17) is 5.73 Å². The monoisotopic (exact) mass is 197 g/mol. The maximum Gasteiger partial charge on any atom is 0.263 e. The van der Waals surface area contributed by atoms with E-state index in [1.54, 1.807) is 12.1 Å². The molecule has 14 heavy (non-hydrogen) atoms. The third kappa shape index (κ3) is 2.92. The fraction of sp³-hybridized carbons (Fsp3) is 0.273. The summed E-state index contributed by atoms with van der Waals surface area (Å²) in [7, 11) is 0. The van der Waals surface area contributed by atoms with Crippen LogP contribution < -0.4 is 5.73 Å². The first-order valence-corrected chi connectivity index (χ1v) is 4.39. The highest BCUT2D eigenvalue weighted by molar-refractivity contribution is 5.53. The predicted octanol–water partition coefficient (Wildman–Crippen LogP) is 2.99. The zero-order chi connectivity index (χ0) is 10.6. The molecule has 0 aliphatic rings. The lowest BCUT2D eigenvalue weighted by atomic mass is 10.1. The van der Waals surface area contributed by atoms with Crippen LogP contribution in [0.25, 0.3) is 6.08 Å². The molecule has 0 saturated carbocycles. The van der Waals surface area contributed by atoms with Gasteiger partial charge in [0.2, 0.25) is 0 Å². The zero-order valence-electron chi connectivity index (χ0n) is 8.00. The number of hydrogen-bond acceptors (Lipinski definition) is 1. The van der Waals surface area contributed by atoms with Crippen molar-refractivity contribution in [3.05, 3.63) is 41.0 Å². The van der Waals surface area contributed by atoms with Gasteiger partial charge < -0.3 is 5.73 Å². The summed E-state index contributed by atoms with van der Waals surface area (Å²) in [5, 5.41) is 0. The van der Waals surface area contributed by atoms with Gasteiger partial charge in [-0.1, -0.05) is 29.8 Å². The number of alkyl halides is 2. The number of rotatable bonds is 3. The third-order valence-corrected chi connectivity index (χ3v) is 1.90. The molecule has 0 radical (unpaired) electrons. The molecule has 0 aromatic heterocycles. The van der Waals surface area contributed by atoms with Crippen LogP contribution in [0.2, 0.25) is 0 Å². The second kappa shape index (κ2) is 4.86. The fourth-order valence-electron chi connectivity index (χ4n) is 1.13. The minimum atomic E-state index is -2.42. The van der Waals surface area contributed by atoms with Crippen LogP contribution in [0.15, 0.2) is 29.8 Å². The van der Waals surface area contributed by atoms with Gasteiger partial charge in [0.15, 0.2) is 0 Å². The van der Waals surface area contributed by atoms with E-state index in [1.807, 2.05) is 13.0 Å². The molecule has 3 heteroatoms. The Kier molecular flexibility index (Phi) is 3.77. The van der Waals surface area contributed by atoms with Crippen LogP contribution in [0.3, 0.4) is 0 Å². The van der Waals surface area contributed by atoms with Gasteiger partial charge in [-0.25, -0.2) is 8.78 Å². The highest BCUT2D eigenvalue weighted by atomic mass is 19.3. The summed E-state index contributed by atoms with van der Waals surface area (Å²) < 4.78 is 24.6. The van der Waals surface area contributed by atoms with E-state index in [-0.39, 0.29) is 5.56 Å². The van der Waals surface area contributed by atoms with E-state index < -0.39 is 6.43 Å². The van der Waals surface area contributed by atoms with Crippen molar-refractivity contribution in [1.82, 2.24) is 0 Å². The highest BCUT2D eigenvalue weighted by Crippen LogP contribution is 2.20. The minimum absolute atomic E-state index is 0.0450. The van der Waals surface area contributed by atoms with Gasteiger partial charge in [-0.2, -0.15) is 0 Å². The Balaban J connectivity index is 2.94. The number of hydrogen-bond donors (Lipinski definition) is 1. The molecule has 0 fully saturated rings. The Morgan fingerprint density at radius 2 is 2.21 bits per heavy atom. The van der Waals surface area contributed by atoms with Crippen molar-refractivity contribution in [3.63, 3.8) is 0 Å². The smallest absolute Gasteiger partial charge is 0.263 e. The molecule has 0 unspecified atom stereocenters. The third-order valence-electron chi connectivity index (χ3n) is 1.90. The van der Waals surface area contributed by atoms with Crippen molar-refractivity contribution < 1.29 is 8.78 Å². The average Bonchev–Trinajstić information content (AvgIpc) is 2.18. The normalized spacial score (nSPS) is 12.2. The quantitative estimate of drug-likeness (QED) is 0.792. The van der Waals surface area contributed by atoms with Gasteiger partial charge in [0, 0.05) is 12.1 Å². The number of halogens is 2. The first-order chi connectivity index (χ1) is 6.63. The maximum absolute atomic E-state index is 12.3. The van der Waals surface area contributed by atoms with Crippen LogP contribution in [0.1, 0.15) is 24.5 Å². The van der Waals surface area contributed by atoms with Crippen molar-refractivity contribution in [1.29, 1.82) is 0 Å². The SMILES string of the molecule is C/C(=C/c1cccc(C(F)F)c1)CN. The number of nitrogens with two attached hydrogens (primary N) is 1. The summed E-state index contributed by atoms with van der Waals surface area (Å²) in [4.78, 5) is 0. The number of benzene rings is 1. The molecule has 76 valence electrons. The van der Waals surface area contributed by atoms with E-state index in [0.717, 1.165) is 11.1 Å². The first kappa shape index (κ1) is 10.9. The molecule has 2 N–H and O–H groups in total. The summed E-state index contributed by atoms with van der Waals surface area (Å²) in [5.41, 5.74) is 7.18. The van der Waals surface area contributed by atoms with Crippen molar-refractivity contribution >= 4 is 6.08 Å². The van der Waals surface area contributed by atoms with Gasteiger partial charge in [-0.05, 0) is 18.6 Å². The van der Waals surface area contributed by atoms with Crippen LogP contribution in [-0.4, -0.2) is 6.54 Å². The molecule has 1 aromatic carbocycles. The van der Waals surface area contributed by atoms with Gasteiger partial charge in [0.25, 0.3) is 6.43 Å². The van der Waals surface area contributed by atoms with Crippen molar-refractivity contribution in [2.45, 2.75) is 13.3 Å². The Labute approximate surface area is 82.2 Å². The van der Waals surface area contributed by atoms with Crippen LogP contribution in [0.5, 0.6) is 0 Å². The second-order valence-corrected chi connectivity index (χ2v) is 3.17. The summed E-state index contributed by atoms with van der Waals surface area (Å²) in [6.45, 7) is 2.31. The van der Waals surface area contributed by atoms with Crippen molar-refractivity contribution in [3.8, 4) is 0 Å². The minimum Gasteiger partial charge on any atom is -0.327 e. The Hall–Kier alpha value is -1.22. The molecule has 0 amide bonds. The molecular formula is C11H13F2N. The Morgan fingerprint density at radius 3 is 2.79 bits per heavy atom. The molecule has 0 saturated heterocycles. The van der Waals surface area contributed by atoms with Crippen molar-refractivity contribution in [2.24, 2.45) is 5.73 Å². The molecular weight excluding hydrogens is 184 g/mol. The van der Waals surface area contributed by atoms with Gasteiger partial charge >= 0.3 is 0 Å². The molecule has 1 nitrogen and oxygen atoms in total. The van der Waals surface area contributed by atoms with E-state index in [0.29, 0.717) is 6.54 Å². The fourth-order valence-corrected chi connectivity index (χ4v) is 1.13. The van der Waals surface area contributed by atoms with Crippen LogP contribution in [0.4, 0.5) is 8.78 Å². The molecule has 1 aromatic rings. The predicted molar refractivity (Wildman–Crippen MR) is 54.1 cm³/mol. The van der Waals surface area contributed by atoms with Crippen LogP contribution in [0, 0.1) is 0 Å². The lowest BCUT2D eigenvalue weighted by Crippen LogP contribution is -1.99. The van der Waals surface area contributed by atoms with E-state index in [1.165, 1.54) is 12.1 Å². The molecule has 0 bridgehead atoms. The molecule has 1 rings (SSSR count). The van der Waals surface area contributed by atoms with Crippen LogP contribution in [-0.2, 0) is 0 Å². The van der Waals surface area contributed by atoms with E-state index >= 15 is 0 Å². The molecule has 0 atom stereocenters. The average molecular weight is 197 g/mol. The zero-order valence-corrected chi connectivity index (χ0v) is 8.00. The summed E-state index contributed by atoms with van der Waals surface area (Å²) >= 11 is 0. The largest absolute Gasteiger partial charge is 0.327 e. The molecule has 0 aliphatic carbocycles. The highest BCUT2D eigenvalue weighted by Gasteiger charge is 2.05. The lowest BCUT2D eigenvalue weighted by Gasteiger charge is -2.01. The Bertz CT molecular complexity index is 332. The molecule has 0 heterocycles.